The molecule has 3 heterocycles. The van der Waals surface area contributed by atoms with Gasteiger partial charge in [-0.3, -0.25) is 9.88 Å². The molecule has 0 radical (unpaired) electrons. The number of aromatic nitrogens is 2. The van der Waals surface area contributed by atoms with E-state index in [4.69, 9.17) is 4.74 Å². The monoisotopic (exact) mass is 469 g/mol. The Morgan fingerprint density at radius 3 is 3.00 bits per heavy atom. The van der Waals surface area contributed by atoms with Crippen molar-refractivity contribution in [2.75, 3.05) is 20.2 Å². The summed E-state index contributed by atoms with van der Waals surface area (Å²) >= 11 is 3.33. The molecule has 3 atom stereocenters. The number of pyridine rings is 1. The highest BCUT2D eigenvalue weighted by atomic mass is 79.9. The highest BCUT2D eigenvalue weighted by Gasteiger charge is 2.50. The van der Waals surface area contributed by atoms with Crippen molar-refractivity contribution in [3.63, 3.8) is 0 Å². The Hall–Kier alpha value is -2.22. The number of benzene rings is 1. The standard InChI is InChI=1S/C23H24BrN3O3/c1-26-12-16-7-20-23(29,18-4-3-5-19(26)21(16)18)8-14(11-27(20)2)13-30-22(28)15-6-17(24)10-25-9-15/h3-6,9-10,12,14,20,29H,7-8,11,13H2,1-2H3/t14-,20-,23+/m1/s1. The van der Waals surface area contributed by atoms with Gasteiger partial charge in [0.1, 0.15) is 5.60 Å². The van der Waals surface area contributed by atoms with E-state index in [1.807, 2.05) is 12.1 Å². The number of rotatable bonds is 3. The van der Waals surface area contributed by atoms with Crippen molar-refractivity contribution >= 4 is 32.8 Å². The number of halogens is 1. The molecule has 6 nitrogen and oxygen atoms in total. The number of aliphatic hydroxyl groups is 1. The Balaban J connectivity index is 1.40. The number of aryl methyl sites for hydroxylation is 1. The quantitative estimate of drug-likeness (QED) is 0.596. The first-order valence-electron chi connectivity index (χ1n) is 10.1. The average molecular weight is 470 g/mol. The number of likely N-dealkylation sites (N-methyl/N-ethyl adjacent to an activating group) is 1. The molecule has 30 heavy (non-hydrogen) atoms. The van der Waals surface area contributed by atoms with Crippen molar-refractivity contribution in [1.29, 1.82) is 0 Å². The van der Waals surface area contributed by atoms with Crippen LogP contribution in [-0.2, 0) is 23.8 Å². The molecule has 1 fully saturated rings. The third-order valence-electron chi connectivity index (χ3n) is 6.59. The number of esters is 1. The maximum atomic E-state index is 12.4. The van der Waals surface area contributed by atoms with Gasteiger partial charge in [-0.15, -0.1) is 0 Å². The number of hydrogen-bond donors (Lipinski definition) is 1. The highest BCUT2D eigenvalue weighted by molar-refractivity contribution is 9.10. The van der Waals surface area contributed by atoms with E-state index in [0.29, 0.717) is 12.0 Å². The van der Waals surface area contributed by atoms with Gasteiger partial charge in [0.05, 0.1) is 12.2 Å². The first kappa shape index (κ1) is 19.7. The van der Waals surface area contributed by atoms with Gasteiger partial charge >= 0.3 is 5.97 Å². The van der Waals surface area contributed by atoms with Crippen molar-refractivity contribution in [1.82, 2.24) is 14.5 Å². The zero-order valence-electron chi connectivity index (χ0n) is 17.0. The van der Waals surface area contributed by atoms with Gasteiger partial charge < -0.3 is 14.4 Å². The average Bonchev–Trinajstić information content (AvgIpc) is 3.04. The van der Waals surface area contributed by atoms with Crippen LogP contribution in [0, 0.1) is 5.92 Å². The minimum atomic E-state index is -0.963. The number of likely N-dealkylation sites (tertiary alicyclic amines) is 1. The largest absolute Gasteiger partial charge is 0.462 e. The van der Waals surface area contributed by atoms with Crippen LogP contribution in [0.5, 0.6) is 0 Å². The second-order valence-electron chi connectivity index (χ2n) is 8.61. The summed E-state index contributed by atoms with van der Waals surface area (Å²) in [6, 6.07) is 7.88. The van der Waals surface area contributed by atoms with Crippen LogP contribution in [0.25, 0.3) is 10.9 Å². The highest BCUT2D eigenvalue weighted by Crippen LogP contribution is 2.47. The molecule has 156 valence electrons. The van der Waals surface area contributed by atoms with Crippen LogP contribution < -0.4 is 0 Å². The lowest BCUT2D eigenvalue weighted by Gasteiger charge is -2.51. The Bertz CT molecular complexity index is 1140. The van der Waals surface area contributed by atoms with E-state index < -0.39 is 11.6 Å². The van der Waals surface area contributed by atoms with Crippen LogP contribution in [0.2, 0.25) is 0 Å². The van der Waals surface area contributed by atoms with Crippen molar-refractivity contribution < 1.29 is 14.6 Å². The van der Waals surface area contributed by atoms with Gasteiger partial charge in [0.15, 0.2) is 0 Å². The summed E-state index contributed by atoms with van der Waals surface area (Å²) in [5.41, 5.74) is 2.88. The Kier molecular flexibility index (Phi) is 4.72. The zero-order valence-corrected chi connectivity index (χ0v) is 18.6. The van der Waals surface area contributed by atoms with Crippen LogP contribution in [0.4, 0.5) is 0 Å². The second kappa shape index (κ2) is 7.18. The van der Waals surface area contributed by atoms with Gasteiger partial charge in [-0.05, 0) is 59.1 Å². The van der Waals surface area contributed by atoms with Crippen molar-refractivity contribution in [2.45, 2.75) is 24.5 Å². The van der Waals surface area contributed by atoms with E-state index in [0.717, 1.165) is 28.5 Å². The smallest absolute Gasteiger partial charge is 0.339 e. The molecule has 0 amide bonds. The van der Waals surface area contributed by atoms with Crippen molar-refractivity contribution in [3.05, 3.63) is 64.0 Å². The molecular formula is C23H24BrN3O3. The number of carbonyl (C=O) groups is 1. The summed E-state index contributed by atoms with van der Waals surface area (Å²) in [6.07, 6.45) is 6.70. The molecule has 0 bridgehead atoms. The summed E-state index contributed by atoms with van der Waals surface area (Å²) in [4.78, 5) is 18.7. The van der Waals surface area contributed by atoms with Gasteiger partial charge in [0.25, 0.3) is 0 Å². The summed E-state index contributed by atoms with van der Waals surface area (Å²) in [5.74, 6) is -0.350. The molecule has 2 aromatic heterocycles. The third kappa shape index (κ3) is 3.07. The van der Waals surface area contributed by atoms with Gasteiger partial charge in [0, 0.05) is 59.5 Å². The molecule has 1 aliphatic carbocycles. The normalized spacial score (nSPS) is 25.9. The minimum Gasteiger partial charge on any atom is -0.462 e. The molecule has 0 unspecified atom stereocenters. The van der Waals surface area contributed by atoms with Crippen molar-refractivity contribution in [2.24, 2.45) is 13.0 Å². The van der Waals surface area contributed by atoms with Crippen molar-refractivity contribution in [3.8, 4) is 0 Å². The Morgan fingerprint density at radius 2 is 2.20 bits per heavy atom. The molecule has 1 N–H and O–H groups in total. The molecular weight excluding hydrogens is 446 g/mol. The molecule has 1 aliphatic heterocycles. The number of piperidine rings is 1. The molecule has 1 saturated heterocycles. The number of carbonyl (C=O) groups excluding carboxylic acids is 1. The Labute approximate surface area is 183 Å². The van der Waals surface area contributed by atoms with Crippen LogP contribution >= 0.6 is 15.9 Å². The molecule has 5 rings (SSSR count). The molecule has 3 aromatic rings. The lowest BCUT2D eigenvalue weighted by atomic mass is 9.69. The summed E-state index contributed by atoms with van der Waals surface area (Å²) < 4.78 is 8.48. The predicted octanol–water partition coefficient (Wildman–Crippen LogP) is 3.26. The summed E-state index contributed by atoms with van der Waals surface area (Å²) in [6.45, 7) is 1.04. The third-order valence-corrected chi connectivity index (χ3v) is 7.03. The minimum absolute atomic E-state index is 0.0132. The van der Waals surface area contributed by atoms with Gasteiger partial charge in [-0.25, -0.2) is 4.79 Å². The number of nitrogens with zero attached hydrogens (tertiary/aromatic N) is 3. The number of ether oxygens (including phenoxy) is 1. The van der Waals surface area contributed by atoms with E-state index in [1.165, 1.54) is 17.1 Å². The van der Waals surface area contributed by atoms with E-state index in [1.54, 1.807) is 12.3 Å². The maximum absolute atomic E-state index is 12.4. The molecule has 0 spiro atoms. The SMILES string of the molecule is CN1C[C@H](COC(=O)c2cncc(Br)c2)C[C@]2(O)c3cccc4c3c(cn4C)C[C@@H]12. The van der Waals surface area contributed by atoms with Gasteiger partial charge in [-0.1, -0.05) is 12.1 Å². The number of hydrogen-bond acceptors (Lipinski definition) is 5. The fourth-order valence-corrected chi connectivity index (χ4v) is 5.69. The van der Waals surface area contributed by atoms with Crippen LogP contribution in [0.3, 0.4) is 0 Å². The maximum Gasteiger partial charge on any atom is 0.339 e. The molecule has 7 heteroatoms. The van der Waals surface area contributed by atoms with Crippen LogP contribution in [0.1, 0.15) is 27.9 Å². The van der Waals surface area contributed by atoms with E-state index in [9.17, 15) is 9.90 Å². The van der Waals surface area contributed by atoms with E-state index in [-0.39, 0.29) is 18.6 Å². The first-order valence-corrected chi connectivity index (χ1v) is 10.9. The molecule has 0 saturated carbocycles. The topological polar surface area (TPSA) is 67.6 Å². The van der Waals surface area contributed by atoms with Gasteiger partial charge in [-0.2, -0.15) is 0 Å². The first-order chi connectivity index (χ1) is 14.4. The fraction of sp³-hybridized carbons (Fsp3) is 0.391. The van der Waals surface area contributed by atoms with Crippen LogP contribution in [-0.4, -0.2) is 51.8 Å². The lowest BCUT2D eigenvalue weighted by molar-refractivity contribution is -0.107. The molecule has 2 aliphatic rings. The number of fused-ring (bicyclic) bond motifs is 2. The summed E-state index contributed by atoms with van der Waals surface area (Å²) in [5, 5.41) is 13.1. The fourth-order valence-electron chi connectivity index (χ4n) is 5.33. The summed E-state index contributed by atoms with van der Waals surface area (Å²) in [7, 11) is 4.10. The second-order valence-corrected chi connectivity index (χ2v) is 9.52. The van der Waals surface area contributed by atoms with E-state index >= 15 is 0 Å². The lowest BCUT2D eigenvalue weighted by Crippen LogP contribution is -2.59. The van der Waals surface area contributed by atoms with E-state index in [2.05, 4.69) is 56.7 Å². The zero-order chi connectivity index (χ0) is 21.0. The van der Waals surface area contributed by atoms with Gasteiger partial charge in [0.2, 0.25) is 0 Å². The molecule has 1 aromatic carbocycles. The predicted molar refractivity (Wildman–Crippen MR) is 117 cm³/mol. The van der Waals surface area contributed by atoms with Crippen LogP contribution in [0.15, 0.2) is 47.3 Å². The Morgan fingerprint density at radius 1 is 1.37 bits per heavy atom.